The second kappa shape index (κ2) is 5.21. The normalized spacial score (nSPS) is 11.1. The zero-order chi connectivity index (χ0) is 14.1. The van der Waals surface area contributed by atoms with Gasteiger partial charge in [0.1, 0.15) is 5.69 Å². The van der Waals surface area contributed by atoms with Crippen molar-refractivity contribution in [1.82, 2.24) is 9.38 Å². The third-order valence-corrected chi connectivity index (χ3v) is 4.84. The lowest BCUT2D eigenvalue weighted by atomic mass is 10.0. The van der Waals surface area contributed by atoms with Gasteiger partial charge < -0.3 is 0 Å². The summed E-state index contributed by atoms with van der Waals surface area (Å²) in [7, 11) is 0. The van der Waals surface area contributed by atoms with Gasteiger partial charge >= 0.3 is 0 Å². The number of hydrogen-bond acceptors (Lipinski definition) is 3. The van der Waals surface area contributed by atoms with E-state index in [2.05, 4.69) is 43.1 Å². The van der Waals surface area contributed by atoms with E-state index in [1.165, 1.54) is 16.0 Å². The van der Waals surface area contributed by atoms with Crippen LogP contribution < -0.4 is 0 Å². The summed E-state index contributed by atoms with van der Waals surface area (Å²) < 4.78 is 1.95. The molecule has 0 amide bonds. The number of carbonyl (C=O) groups excluding carboxylic acids is 1. The van der Waals surface area contributed by atoms with Crippen LogP contribution in [0.25, 0.3) is 4.96 Å². The Morgan fingerprint density at radius 1 is 1.30 bits per heavy atom. The van der Waals surface area contributed by atoms with E-state index in [-0.39, 0.29) is 0 Å². The first-order valence-electron chi connectivity index (χ1n) is 6.72. The maximum Gasteiger partial charge on any atom is 0.194 e. The summed E-state index contributed by atoms with van der Waals surface area (Å²) in [5, 5.41) is 0. The molecule has 0 aliphatic carbocycles. The summed E-state index contributed by atoms with van der Waals surface area (Å²) >= 11 is 1.67. The monoisotopic (exact) mass is 284 g/mol. The summed E-state index contributed by atoms with van der Waals surface area (Å²) in [5.41, 5.74) is 4.49. The lowest BCUT2D eigenvalue weighted by Gasteiger charge is -2.06. The molecule has 0 N–H and O–H groups in total. The van der Waals surface area contributed by atoms with E-state index in [0.717, 1.165) is 29.8 Å². The van der Waals surface area contributed by atoms with Crippen LogP contribution in [0.4, 0.5) is 0 Å². The molecular formula is C16H16N2OS. The highest BCUT2D eigenvalue weighted by Crippen LogP contribution is 2.27. The molecule has 4 heteroatoms. The Balaban J connectivity index is 2.05. The fourth-order valence-electron chi connectivity index (χ4n) is 2.56. The zero-order valence-corrected chi connectivity index (χ0v) is 12.4. The van der Waals surface area contributed by atoms with E-state index in [4.69, 9.17) is 0 Å². The van der Waals surface area contributed by atoms with Gasteiger partial charge in [0, 0.05) is 17.0 Å². The van der Waals surface area contributed by atoms with Crippen LogP contribution in [0.3, 0.4) is 0 Å². The van der Waals surface area contributed by atoms with Crippen LogP contribution in [0.1, 0.15) is 39.1 Å². The van der Waals surface area contributed by atoms with Gasteiger partial charge in [-0.1, -0.05) is 31.2 Å². The molecule has 0 aliphatic rings. The van der Waals surface area contributed by atoms with Crippen molar-refractivity contribution >= 4 is 22.6 Å². The Labute approximate surface area is 121 Å². The summed E-state index contributed by atoms with van der Waals surface area (Å²) in [4.78, 5) is 17.5. The average Bonchev–Trinajstić information content (AvgIpc) is 3.01. The Morgan fingerprint density at radius 3 is 2.75 bits per heavy atom. The van der Waals surface area contributed by atoms with Crippen molar-refractivity contribution in [2.45, 2.75) is 26.7 Å². The van der Waals surface area contributed by atoms with E-state index >= 15 is 0 Å². The zero-order valence-electron chi connectivity index (χ0n) is 11.6. The van der Waals surface area contributed by atoms with Gasteiger partial charge in [-0.3, -0.25) is 9.20 Å². The molecule has 0 spiro atoms. The number of imidazole rings is 1. The van der Waals surface area contributed by atoms with Gasteiger partial charge in [-0.05, 0) is 24.5 Å². The Bertz CT molecular complexity index is 770. The van der Waals surface area contributed by atoms with E-state index in [1.54, 1.807) is 17.5 Å². The molecule has 0 saturated heterocycles. The molecule has 1 aromatic carbocycles. The number of thiazole rings is 1. The predicted molar refractivity (Wildman–Crippen MR) is 81.8 cm³/mol. The van der Waals surface area contributed by atoms with Crippen LogP contribution in [0.5, 0.6) is 0 Å². The van der Waals surface area contributed by atoms with Gasteiger partial charge in [-0.2, -0.15) is 0 Å². The van der Waals surface area contributed by atoms with Crippen molar-refractivity contribution in [3.63, 3.8) is 0 Å². The summed E-state index contributed by atoms with van der Waals surface area (Å²) in [6.07, 6.45) is 4.44. The molecule has 0 atom stereocenters. The fraction of sp³-hybridized carbons (Fsp3) is 0.250. The predicted octanol–water partition coefficient (Wildman–Crippen LogP) is 3.67. The maximum atomic E-state index is 11.0. The Hall–Kier alpha value is -1.94. The standard InChI is InChI=1S/C16H16N2OS/c1-3-12-6-4-5-7-13(12)8-15-11(2)18-14(10-19)9-17-16(18)20-15/h4-7,9-10H,3,8H2,1-2H3. The highest BCUT2D eigenvalue weighted by Gasteiger charge is 2.14. The van der Waals surface area contributed by atoms with Crippen LogP contribution in [0.15, 0.2) is 30.5 Å². The average molecular weight is 284 g/mol. The van der Waals surface area contributed by atoms with Gasteiger partial charge in [0.25, 0.3) is 0 Å². The minimum absolute atomic E-state index is 0.628. The molecule has 2 heterocycles. The molecule has 0 fully saturated rings. The third-order valence-electron chi connectivity index (χ3n) is 3.68. The minimum atomic E-state index is 0.628. The van der Waals surface area contributed by atoms with Gasteiger partial charge in [0.05, 0.1) is 6.20 Å². The lowest BCUT2D eigenvalue weighted by molar-refractivity contribution is 0.111. The van der Waals surface area contributed by atoms with Crippen LogP contribution in [0.2, 0.25) is 0 Å². The molecule has 20 heavy (non-hydrogen) atoms. The van der Waals surface area contributed by atoms with E-state index in [9.17, 15) is 4.79 Å². The second-order valence-electron chi connectivity index (χ2n) is 4.83. The van der Waals surface area contributed by atoms with E-state index < -0.39 is 0 Å². The number of aryl methyl sites for hydroxylation is 2. The molecule has 3 nitrogen and oxygen atoms in total. The molecular weight excluding hydrogens is 268 g/mol. The van der Waals surface area contributed by atoms with Crippen molar-refractivity contribution in [2.75, 3.05) is 0 Å². The topological polar surface area (TPSA) is 34.4 Å². The molecule has 0 bridgehead atoms. The van der Waals surface area contributed by atoms with Crippen LogP contribution in [0, 0.1) is 6.92 Å². The Kier molecular flexibility index (Phi) is 3.40. The number of rotatable bonds is 4. The molecule has 0 radical (unpaired) electrons. The Morgan fingerprint density at radius 2 is 2.05 bits per heavy atom. The SMILES string of the molecule is CCc1ccccc1Cc1sc2ncc(C=O)n2c1C. The number of nitrogens with zero attached hydrogens (tertiary/aromatic N) is 2. The van der Waals surface area contributed by atoms with Gasteiger partial charge in [-0.25, -0.2) is 4.98 Å². The largest absolute Gasteiger partial charge is 0.296 e. The van der Waals surface area contributed by atoms with E-state index in [1.807, 2.05) is 4.40 Å². The van der Waals surface area contributed by atoms with Crippen molar-refractivity contribution in [3.8, 4) is 0 Å². The molecule has 0 unspecified atom stereocenters. The number of hydrogen-bond donors (Lipinski definition) is 0. The van der Waals surface area contributed by atoms with Crippen molar-refractivity contribution in [3.05, 3.63) is 57.9 Å². The number of carbonyl (C=O) groups is 1. The highest BCUT2D eigenvalue weighted by molar-refractivity contribution is 7.17. The molecule has 3 aromatic rings. The van der Waals surface area contributed by atoms with E-state index in [0.29, 0.717) is 5.69 Å². The first kappa shape index (κ1) is 13.1. The van der Waals surface area contributed by atoms with Crippen LogP contribution in [-0.2, 0) is 12.8 Å². The first-order chi connectivity index (χ1) is 9.74. The summed E-state index contributed by atoms with van der Waals surface area (Å²) in [6, 6.07) is 8.53. The third kappa shape index (κ3) is 2.06. The molecule has 102 valence electrons. The number of aldehydes is 1. The lowest BCUT2D eigenvalue weighted by Crippen LogP contribution is -1.96. The van der Waals surface area contributed by atoms with Gasteiger partial charge in [0.15, 0.2) is 11.2 Å². The number of aromatic nitrogens is 2. The number of fused-ring (bicyclic) bond motifs is 1. The maximum absolute atomic E-state index is 11.0. The van der Waals surface area contributed by atoms with Crippen LogP contribution >= 0.6 is 11.3 Å². The van der Waals surface area contributed by atoms with Crippen molar-refractivity contribution in [1.29, 1.82) is 0 Å². The molecule has 0 saturated carbocycles. The van der Waals surface area contributed by atoms with Gasteiger partial charge in [0.2, 0.25) is 0 Å². The smallest absolute Gasteiger partial charge is 0.194 e. The van der Waals surface area contributed by atoms with Crippen molar-refractivity contribution < 1.29 is 4.79 Å². The van der Waals surface area contributed by atoms with Gasteiger partial charge in [-0.15, -0.1) is 11.3 Å². The quantitative estimate of drug-likeness (QED) is 0.685. The summed E-state index contributed by atoms with van der Waals surface area (Å²) in [5.74, 6) is 0. The van der Waals surface area contributed by atoms with Crippen molar-refractivity contribution in [2.24, 2.45) is 0 Å². The second-order valence-corrected chi connectivity index (χ2v) is 5.89. The molecule has 2 aromatic heterocycles. The number of benzene rings is 1. The minimum Gasteiger partial charge on any atom is -0.296 e. The summed E-state index contributed by atoms with van der Waals surface area (Å²) in [6.45, 7) is 4.24. The highest BCUT2D eigenvalue weighted by atomic mass is 32.1. The first-order valence-corrected chi connectivity index (χ1v) is 7.54. The molecule has 0 aliphatic heterocycles. The molecule has 3 rings (SSSR count). The van der Waals surface area contributed by atoms with Crippen LogP contribution in [-0.4, -0.2) is 15.7 Å². The fourth-order valence-corrected chi connectivity index (χ4v) is 3.69.